The van der Waals surface area contributed by atoms with E-state index in [1.165, 1.54) is 4.90 Å². The van der Waals surface area contributed by atoms with E-state index in [0.29, 0.717) is 51.5 Å². The molecule has 2 aliphatic rings. The smallest absolute Gasteiger partial charge is 0.410 e. The SMILES string of the molecule is CCCCCCCCC(=O)OCC(COC(=O)CCCCCCCC)CC(=O)OC[C@H]1CC=CC[C@@H](COC(=O)CC(COC(=O)CCCCCCCC)COC(=O)CCCCCCCC)N1C(=O)OC1CCN(C)C1. The molecule has 0 N–H and O–H groups in total. The van der Waals surface area contributed by atoms with Crippen molar-refractivity contribution in [2.24, 2.45) is 11.8 Å². The fourth-order valence-electron chi connectivity index (χ4n) is 9.45. The van der Waals surface area contributed by atoms with Crippen molar-refractivity contribution < 1.29 is 66.7 Å². The molecule has 76 heavy (non-hydrogen) atoms. The molecule has 0 radical (unpaired) electrons. The molecule has 2 heterocycles. The van der Waals surface area contributed by atoms with Gasteiger partial charge in [-0.25, -0.2) is 4.79 Å². The highest BCUT2D eigenvalue weighted by Gasteiger charge is 2.37. The molecule has 2 rings (SSSR count). The maximum Gasteiger partial charge on any atom is 0.410 e. The van der Waals surface area contributed by atoms with Gasteiger partial charge in [-0.1, -0.05) is 168 Å². The minimum absolute atomic E-state index is 0.119. The lowest BCUT2D eigenvalue weighted by atomic mass is 10.1. The van der Waals surface area contributed by atoms with Gasteiger partial charge in [-0.2, -0.15) is 0 Å². The first kappa shape index (κ1) is 67.9. The van der Waals surface area contributed by atoms with Crippen LogP contribution in [0.2, 0.25) is 0 Å². The summed E-state index contributed by atoms with van der Waals surface area (Å²) in [5.74, 6) is -3.99. The Balaban J connectivity index is 2.16. The Morgan fingerprint density at radius 2 is 0.750 bits per heavy atom. The van der Waals surface area contributed by atoms with Crippen molar-refractivity contribution in [1.82, 2.24) is 9.80 Å². The van der Waals surface area contributed by atoms with E-state index in [4.69, 9.17) is 33.2 Å². The van der Waals surface area contributed by atoms with Crippen LogP contribution in [0.15, 0.2) is 12.2 Å². The number of carbonyl (C=O) groups is 7. The van der Waals surface area contributed by atoms with Crippen LogP contribution in [0.5, 0.6) is 0 Å². The molecule has 1 fully saturated rings. The lowest BCUT2D eigenvalue weighted by Gasteiger charge is -2.35. The molecule has 2 aliphatic heterocycles. The average Bonchev–Trinajstić information content (AvgIpc) is 3.70. The molecular formula is C60H104N2O14. The van der Waals surface area contributed by atoms with Crippen LogP contribution in [-0.4, -0.2) is 130 Å². The van der Waals surface area contributed by atoms with E-state index in [-0.39, 0.29) is 108 Å². The minimum atomic E-state index is -0.688. The molecule has 0 aromatic heterocycles. The highest BCUT2D eigenvalue weighted by atomic mass is 16.6. The van der Waals surface area contributed by atoms with Gasteiger partial charge in [0.05, 0.1) is 51.4 Å². The van der Waals surface area contributed by atoms with Crippen LogP contribution < -0.4 is 0 Å². The zero-order valence-corrected chi connectivity index (χ0v) is 48.1. The lowest BCUT2D eigenvalue weighted by Crippen LogP contribution is -2.51. The molecule has 438 valence electrons. The molecular weight excluding hydrogens is 973 g/mol. The third-order valence-electron chi connectivity index (χ3n) is 14.2. The third kappa shape index (κ3) is 34.5. The van der Waals surface area contributed by atoms with E-state index in [9.17, 15) is 33.6 Å². The molecule has 3 atom stereocenters. The van der Waals surface area contributed by atoms with E-state index >= 15 is 0 Å². The van der Waals surface area contributed by atoms with Gasteiger partial charge in [0, 0.05) is 50.6 Å². The second-order valence-electron chi connectivity index (χ2n) is 21.5. The minimum Gasteiger partial charge on any atom is -0.465 e. The second-order valence-corrected chi connectivity index (χ2v) is 21.5. The number of hydrogen-bond donors (Lipinski definition) is 0. The molecule has 0 aliphatic carbocycles. The summed E-state index contributed by atoms with van der Waals surface area (Å²) >= 11 is 0. The quantitative estimate of drug-likeness (QED) is 0.0242. The largest absolute Gasteiger partial charge is 0.465 e. The van der Waals surface area contributed by atoms with Crippen molar-refractivity contribution in [2.45, 2.75) is 258 Å². The molecule has 1 unspecified atom stereocenters. The van der Waals surface area contributed by atoms with Crippen molar-refractivity contribution in [1.29, 1.82) is 0 Å². The van der Waals surface area contributed by atoms with Crippen molar-refractivity contribution >= 4 is 41.9 Å². The molecule has 0 bridgehead atoms. The third-order valence-corrected chi connectivity index (χ3v) is 14.2. The molecule has 0 aromatic rings. The van der Waals surface area contributed by atoms with E-state index in [0.717, 1.165) is 135 Å². The molecule has 0 spiro atoms. The fraction of sp³-hybridized carbons (Fsp3) is 0.850. The summed E-state index contributed by atoms with van der Waals surface area (Å²) in [5.41, 5.74) is 0. The topological polar surface area (TPSA) is 191 Å². The van der Waals surface area contributed by atoms with Crippen LogP contribution >= 0.6 is 0 Å². The Labute approximate surface area is 458 Å². The Kier molecular flexibility index (Phi) is 40.0. The van der Waals surface area contributed by atoms with Crippen molar-refractivity contribution in [3.8, 4) is 0 Å². The lowest BCUT2D eigenvalue weighted by molar-refractivity contribution is -0.156. The normalized spacial score (nSPS) is 16.6. The summed E-state index contributed by atoms with van der Waals surface area (Å²) < 4.78 is 40.3. The Morgan fingerprint density at radius 3 is 1.05 bits per heavy atom. The van der Waals surface area contributed by atoms with Gasteiger partial charge >= 0.3 is 41.9 Å². The van der Waals surface area contributed by atoms with E-state index < -0.39 is 42.0 Å². The number of amides is 1. The summed E-state index contributed by atoms with van der Waals surface area (Å²) in [7, 11) is 1.95. The zero-order valence-electron chi connectivity index (χ0n) is 48.1. The van der Waals surface area contributed by atoms with Gasteiger partial charge in [-0.15, -0.1) is 0 Å². The van der Waals surface area contributed by atoms with Gasteiger partial charge in [0.2, 0.25) is 0 Å². The summed E-state index contributed by atoms with van der Waals surface area (Å²) in [6, 6.07) is -1.38. The number of likely N-dealkylation sites (N-methyl/N-ethyl adjacent to an activating group) is 1. The van der Waals surface area contributed by atoms with Crippen LogP contribution in [0.4, 0.5) is 4.79 Å². The predicted molar refractivity (Wildman–Crippen MR) is 294 cm³/mol. The van der Waals surface area contributed by atoms with Crippen LogP contribution in [-0.2, 0) is 61.9 Å². The van der Waals surface area contributed by atoms with Crippen LogP contribution in [0.1, 0.15) is 240 Å². The van der Waals surface area contributed by atoms with Gasteiger partial charge in [0.25, 0.3) is 0 Å². The van der Waals surface area contributed by atoms with Crippen LogP contribution in [0.25, 0.3) is 0 Å². The van der Waals surface area contributed by atoms with Gasteiger partial charge < -0.3 is 38.1 Å². The van der Waals surface area contributed by atoms with Gasteiger partial charge in [0.15, 0.2) is 0 Å². The average molecular weight is 1080 g/mol. The number of ether oxygens (including phenoxy) is 7. The molecule has 0 aromatic carbocycles. The number of unbranched alkanes of at least 4 members (excludes halogenated alkanes) is 20. The van der Waals surface area contributed by atoms with Crippen molar-refractivity contribution in [2.75, 3.05) is 59.8 Å². The number of esters is 6. The summed E-state index contributed by atoms with van der Waals surface area (Å²) in [6.45, 7) is 9.06. The number of rotatable bonds is 45. The number of hydrogen-bond acceptors (Lipinski definition) is 15. The summed E-state index contributed by atoms with van der Waals surface area (Å²) in [5, 5.41) is 0. The Hall–Kier alpha value is -4.21. The standard InChI is InChI=1S/C60H104N2O14/c1-6-10-14-18-22-26-34-54(63)70-43-49(44-71-55(64)35-27-23-19-15-11-7-2)40-58(67)74-47-51-32-30-31-33-52(62(51)60(69)76-53-38-39-61(5)42-53)48-75-59(68)41-50(45-72-56(65)36-28-24-20-16-12-8-3)46-73-57(66)37-29-25-21-17-13-9-4/h30-31,49-53H,6-29,32-48H2,1-5H3/t51-,52+,53?. The van der Waals surface area contributed by atoms with Crippen molar-refractivity contribution in [3.05, 3.63) is 12.2 Å². The first-order valence-corrected chi connectivity index (χ1v) is 30.1. The number of carbonyl (C=O) groups excluding carboxylic acids is 7. The predicted octanol–water partition coefficient (Wildman–Crippen LogP) is 12.5. The van der Waals surface area contributed by atoms with Gasteiger partial charge in [-0.05, 0) is 52.0 Å². The monoisotopic (exact) mass is 1080 g/mol. The van der Waals surface area contributed by atoms with E-state index in [1.54, 1.807) is 0 Å². The molecule has 1 saturated heterocycles. The van der Waals surface area contributed by atoms with Crippen LogP contribution in [0, 0.1) is 11.8 Å². The molecule has 1 amide bonds. The molecule has 16 nitrogen and oxygen atoms in total. The van der Waals surface area contributed by atoms with Crippen molar-refractivity contribution in [3.63, 3.8) is 0 Å². The zero-order chi connectivity index (χ0) is 55.4. The second kappa shape index (κ2) is 44.7. The summed E-state index contributed by atoms with van der Waals surface area (Å²) in [4.78, 5) is 96.1. The van der Waals surface area contributed by atoms with E-state index in [1.807, 2.05) is 19.2 Å². The first-order chi connectivity index (χ1) is 36.9. The number of nitrogens with zero attached hydrogens (tertiary/aromatic N) is 2. The molecule has 16 heteroatoms. The fourth-order valence-corrected chi connectivity index (χ4v) is 9.45. The van der Waals surface area contributed by atoms with Gasteiger partial charge in [-0.3, -0.25) is 33.7 Å². The first-order valence-electron chi connectivity index (χ1n) is 30.1. The Morgan fingerprint density at radius 1 is 0.434 bits per heavy atom. The highest BCUT2D eigenvalue weighted by Crippen LogP contribution is 2.24. The maximum absolute atomic E-state index is 14.2. The summed E-state index contributed by atoms with van der Waals surface area (Å²) in [6.07, 6.45) is 29.3. The maximum atomic E-state index is 14.2. The molecule has 0 saturated carbocycles. The highest BCUT2D eigenvalue weighted by molar-refractivity contribution is 5.73. The Bertz CT molecular complexity index is 1460. The van der Waals surface area contributed by atoms with E-state index in [2.05, 4.69) is 32.6 Å². The van der Waals surface area contributed by atoms with Crippen LogP contribution in [0.3, 0.4) is 0 Å². The van der Waals surface area contributed by atoms with Gasteiger partial charge in [0.1, 0.15) is 19.3 Å². The number of likely N-dealkylation sites (tertiary alicyclic amines) is 1.